The van der Waals surface area contributed by atoms with Gasteiger partial charge in [-0.1, -0.05) is 18.2 Å². The summed E-state index contributed by atoms with van der Waals surface area (Å²) in [6.45, 7) is 1.64. The lowest BCUT2D eigenvalue weighted by atomic mass is 10.2. The third kappa shape index (κ3) is 6.13. The van der Waals surface area contributed by atoms with Gasteiger partial charge in [0.25, 0.3) is 0 Å². The molecule has 0 heterocycles. The van der Waals surface area contributed by atoms with Crippen molar-refractivity contribution in [3.63, 3.8) is 0 Å². The molecule has 0 saturated carbocycles. The number of nitrogens with one attached hydrogen (secondary N) is 2. The van der Waals surface area contributed by atoms with Gasteiger partial charge < -0.3 is 10.6 Å². The number of sulfonamides is 1. The van der Waals surface area contributed by atoms with Gasteiger partial charge in [0.2, 0.25) is 21.8 Å². The first-order valence-corrected chi connectivity index (χ1v) is 10.6. The molecule has 1 atom stereocenters. The highest BCUT2D eigenvalue weighted by Gasteiger charge is 2.21. The van der Waals surface area contributed by atoms with Crippen LogP contribution in [0.25, 0.3) is 0 Å². The fraction of sp³-hybridized carbons (Fsp3) is 0.222. The van der Waals surface area contributed by atoms with E-state index in [0.29, 0.717) is 11.4 Å². The quantitative estimate of drug-likeness (QED) is 0.573. The minimum atomic E-state index is -3.87. The molecule has 2 amide bonds. The van der Waals surface area contributed by atoms with Crippen molar-refractivity contribution in [3.8, 4) is 0 Å². The molecule has 4 N–H and O–H groups in total. The number of nitrogens with two attached hydrogens (primary N) is 1. The fourth-order valence-electron chi connectivity index (χ4n) is 2.31. The maximum absolute atomic E-state index is 12.4. The Hall–Kier alpha value is -2.27. The van der Waals surface area contributed by atoms with Crippen LogP contribution < -0.4 is 15.8 Å². The first-order chi connectivity index (χ1) is 13.1. The van der Waals surface area contributed by atoms with E-state index >= 15 is 0 Å². The molecule has 2 aromatic carbocycles. The van der Waals surface area contributed by atoms with Gasteiger partial charge in [0.05, 0.1) is 23.2 Å². The molecule has 10 heteroatoms. The lowest BCUT2D eigenvalue weighted by Gasteiger charge is -2.23. The Morgan fingerprint density at radius 2 is 1.82 bits per heavy atom. The molecule has 28 heavy (non-hydrogen) atoms. The number of hydrogen-bond acceptors (Lipinski definition) is 5. The zero-order valence-corrected chi connectivity index (χ0v) is 17.7. The van der Waals surface area contributed by atoms with E-state index in [0.717, 1.165) is 4.47 Å². The molecular formula is C18H21BrN4O4S. The van der Waals surface area contributed by atoms with Crippen molar-refractivity contribution >= 4 is 49.1 Å². The summed E-state index contributed by atoms with van der Waals surface area (Å²) in [4.78, 5) is 26.1. The number of amides is 2. The van der Waals surface area contributed by atoms with Crippen LogP contribution in [0.2, 0.25) is 0 Å². The highest BCUT2D eigenvalue weighted by atomic mass is 79.9. The summed E-state index contributed by atoms with van der Waals surface area (Å²) in [5.74, 6) is -0.659. The van der Waals surface area contributed by atoms with Gasteiger partial charge in [-0.05, 0) is 60.2 Å². The molecule has 0 bridgehead atoms. The number of para-hydroxylation sites is 1. The first-order valence-electron chi connectivity index (χ1n) is 8.26. The molecule has 0 fully saturated rings. The van der Waals surface area contributed by atoms with Crippen LogP contribution in [0.3, 0.4) is 0 Å². The Kier molecular flexibility index (Phi) is 7.30. The minimum absolute atomic E-state index is 0.00681. The van der Waals surface area contributed by atoms with Crippen molar-refractivity contribution in [2.45, 2.75) is 17.9 Å². The number of carbonyl (C=O) groups excluding carboxylic acids is 2. The summed E-state index contributed by atoms with van der Waals surface area (Å²) in [7, 11) is -2.22. The van der Waals surface area contributed by atoms with Gasteiger partial charge in [0.15, 0.2) is 0 Å². The van der Waals surface area contributed by atoms with Crippen molar-refractivity contribution < 1.29 is 18.0 Å². The van der Waals surface area contributed by atoms with Crippen LogP contribution >= 0.6 is 15.9 Å². The van der Waals surface area contributed by atoms with Crippen LogP contribution in [0.15, 0.2) is 57.9 Å². The molecule has 2 aromatic rings. The van der Waals surface area contributed by atoms with Gasteiger partial charge >= 0.3 is 0 Å². The Bertz CT molecular complexity index is 981. The molecular weight excluding hydrogens is 448 g/mol. The summed E-state index contributed by atoms with van der Waals surface area (Å²) in [6, 6.07) is 12.2. The molecule has 0 radical (unpaired) electrons. The van der Waals surface area contributed by atoms with Crippen LogP contribution in [0.5, 0.6) is 0 Å². The molecule has 2 rings (SSSR count). The standard InChI is InChI=1S/C18H21BrN4O4S/c1-12(18(25)21-13-6-5-7-14(10-13)28(20,26)27)23(2)11-17(24)22-16-9-4-3-8-15(16)19/h3-10,12H,11H2,1-2H3,(H,21,25)(H,22,24)(H2,20,26,27). The van der Waals surface area contributed by atoms with E-state index in [4.69, 9.17) is 5.14 Å². The Morgan fingerprint density at radius 3 is 2.46 bits per heavy atom. The van der Waals surface area contributed by atoms with Gasteiger partial charge in [-0.25, -0.2) is 13.6 Å². The van der Waals surface area contributed by atoms with Crippen molar-refractivity contribution in [1.82, 2.24) is 4.90 Å². The van der Waals surface area contributed by atoms with Crippen molar-refractivity contribution in [2.75, 3.05) is 24.2 Å². The second-order valence-corrected chi connectivity index (χ2v) is 8.60. The number of rotatable bonds is 7. The molecule has 8 nitrogen and oxygen atoms in total. The molecule has 0 spiro atoms. The van der Waals surface area contributed by atoms with E-state index in [-0.39, 0.29) is 23.3 Å². The lowest BCUT2D eigenvalue weighted by Crippen LogP contribution is -2.43. The largest absolute Gasteiger partial charge is 0.325 e. The van der Waals surface area contributed by atoms with Crippen molar-refractivity contribution in [3.05, 3.63) is 53.0 Å². The van der Waals surface area contributed by atoms with E-state index in [9.17, 15) is 18.0 Å². The van der Waals surface area contributed by atoms with Gasteiger partial charge in [-0.15, -0.1) is 0 Å². The van der Waals surface area contributed by atoms with Gasteiger partial charge in [0.1, 0.15) is 0 Å². The third-order valence-corrected chi connectivity index (χ3v) is 5.61. The molecule has 0 aliphatic rings. The molecule has 0 aliphatic heterocycles. The van der Waals surface area contributed by atoms with E-state index in [1.807, 2.05) is 12.1 Å². The van der Waals surface area contributed by atoms with Gasteiger partial charge in [-0.2, -0.15) is 0 Å². The normalized spacial score (nSPS) is 12.5. The predicted molar refractivity (Wildman–Crippen MR) is 111 cm³/mol. The van der Waals surface area contributed by atoms with E-state index in [1.54, 1.807) is 37.1 Å². The number of carbonyl (C=O) groups is 2. The average molecular weight is 469 g/mol. The summed E-state index contributed by atoms with van der Waals surface area (Å²) < 4.78 is 23.6. The zero-order valence-electron chi connectivity index (χ0n) is 15.3. The topological polar surface area (TPSA) is 122 Å². The number of benzene rings is 2. The van der Waals surface area contributed by atoms with Crippen LogP contribution in [-0.4, -0.2) is 44.8 Å². The molecule has 0 aliphatic carbocycles. The maximum Gasteiger partial charge on any atom is 0.241 e. The number of primary sulfonamides is 1. The van der Waals surface area contributed by atoms with Crippen molar-refractivity contribution in [1.29, 1.82) is 0 Å². The minimum Gasteiger partial charge on any atom is -0.325 e. The Balaban J connectivity index is 1.97. The highest BCUT2D eigenvalue weighted by molar-refractivity contribution is 9.10. The smallest absolute Gasteiger partial charge is 0.241 e. The molecule has 150 valence electrons. The van der Waals surface area contributed by atoms with Crippen LogP contribution in [-0.2, 0) is 19.6 Å². The SMILES string of the molecule is CC(C(=O)Nc1cccc(S(N)(=O)=O)c1)N(C)CC(=O)Nc1ccccc1Br. The maximum atomic E-state index is 12.4. The summed E-state index contributed by atoms with van der Waals surface area (Å²) in [5, 5.41) is 10.5. The second kappa shape index (κ2) is 9.28. The second-order valence-electron chi connectivity index (χ2n) is 6.18. The lowest BCUT2D eigenvalue weighted by molar-refractivity contribution is -0.122. The van der Waals surface area contributed by atoms with Crippen LogP contribution in [0, 0.1) is 0 Å². The number of nitrogens with zero attached hydrogens (tertiary/aromatic N) is 1. The molecule has 0 aromatic heterocycles. The van der Waals surface area contributed by atoms with E-state index in [2.05, 4.69) is 26.6 Å². The number of halogens is 1. The first kappa shape index (κ1) is 22.0. The van der Waals surface area contributed by atoms with Crippen LogP contribution in [0.4, 0.5) is 11.4 Å². The zero-order chi connectivity index (χ0) is 20.9. The molecule has 0 saturated heterocycles. The number of hydrogen-bond donors (Lipinski definition) is 3. The Labute approximate surface area is 172 Å². The van der Waals surface area contributed by atoms with E-state index < -0.39 is 16.1 Å². The predicted octanol–water partition coefficient (Wildman–Crippen LogP) is 1.99. The number of anilines is 2. The highest BCUT2D eigenvalue weighted by Crippen LogP contribution is 2.21. The van der Waals surface area contributed by atoms with Gasteiger partial charge in [-0.3, -0.25) is 14.5 Å². The fourth-order valence-corrected chi connectivity index (χ4v) is 3.26. The van der Waals surface area contributed by atoms with Crippen LogP contribution in [0.1, 0.15) is 6.92 Å². The third-order valence-electron chi connectivity index (χ3n) is 4.01. The van der Waals surface area contributed by atoms with Gasteiger partial charge in [0, 0.05) is 10.2 Å². The summed E-state index contributed by atoms with van der Waals surface area (Å²) >= 11 is 3.36. The Morgan fingerprint density at radius 1 is 1.14 bits per heavy atom. The average Bonchev–Trinajstić information content (AvgIpc) is 2.62. The molecule has 1 unspecified atom stereocenters. The van der Waals surface area contributed by atoms with E-state index in [1.165, 1.54) is 18.2 Å². The summed E-state index contributed by atoms with van der Waals surface area (Å²) in [5.41, 5.74) is 0.937. The van der Waals surface area contributed by atoms with Crippen molar-refractivity contribution in [2.24, 2.45) is 5.14 Å². The number of likely N-dealkylation sites (N-methyl/N-ethyl adjacent to an activating group) is 1. The monoisotopic (exact) mass is 468 g/mol. The summed E-state index contributed by atoms with van der Waals surface area (Å²) in [6.07, 6.45) is 0.